The maximum absolute atomic E-state index is 13.7. The molecular weight excluding hydrogens is 260 g/mol. The standard InChI is InChI=1S/C16H17F2NO/c1-10-4-7-16(20-3)13(8-10)11(2)19-15-6-5-12(17)9-14(15)18/h4-9,11,19H,1-3H3. The Balaban J connectivity index is 2.27. The lowest BCUT2D eigenvalue weighted by atomic mass is 10.0. The third-order valence-electron chi connectivity index (χ3n) is 3.15. The van der Waals surface area contributed by atoms with E-state index in [4.69, 9.17) is 4.74 Å². The zero-order chi connectivity index (χ0) is 14.7. The molecule has 2 rings (SSSR count). The number of nitrogens with one attached hydrogen (secondary N) is 1. The summed E-state index contributed by atoms with van der Waals surface area (Å²) < 4.78 is 31.9. The molecule has 0 saturated heterocycles. The molecule has 2 aromatic rings. The van der Waals surface area contributed by atoms with Crippen LogP contribution in [0.3, 0.4) is 0 Å². The van der Waals surface area contributed by atoms with E-state index in [9.17, 15) is 8.78 Å². The fourth-order valence-electron chi connectivity index (χ4n) is 2.11. The monoisotopic (exact) mass is 277 g/mol. The number of rotatable bonds is 4. The van der Waals surface area contributed by atoms with Crippen LogP contribution >= 0.6 is 0 Å². The van der Waals surface area contributed by atoms with E-state index < -0.39 is 11.6 Å². The Morgan fingerprint density at radius 2 is 1.85 bits per heavy atom. The van der Waals surface area contributed by atoms with Crippen molar-refractivity contribution >= 4 is 5.69 Å². The molecular formula is C16H17F2NO. The van der Waals surface area contributed by atoms with Crippen molar-refractivity contribution in [3.05, 3.63) is 59.2 Å². The topological polar surface area (TPSA) is 21.3 Å². The maximum atomic E-state index is 13.7. The molecule has 1 atom stereocenters. The number of benzene rings is 2. The molecule has 106 valence electrons. The fraction of sp³-hybridized carbons (Fsp3) is 0.250. The number of aryl methyl sites for hydroxylation is 1. The predicted molar refractivity (Wildman–Crippen MR) is 76.1 cm³/mol. The van der Waals surface area contributed by atoms with Gasteiger partial charge in [0, 0.05) is 11.6 Å². The summed E-state index contributed by atoms with van der Waals surface area (Å²) in [5.74, 6) is -0.463. The minimum atomic E-state index is -0.608. The van der Waals surface area contributed by atoms with E-state index in [1.807, 2.05) is 32.0 Å². The first-order valence-corrected chi connectivity index (χ1v) is 6.37. The lowest BCUT2D eigenvalue weighted by molar-refractivity contribution is 0.407. The molecule has 0 radical (unpaired) electrons. The quantitative estimate of drug-likeness (QED) is 0.891. The molecule has 0 aliphatic rings. The van der Waals surface area contributed by atoms with Crippen molar-refractivity contribution < 1.29 is 13.5 Å². The molecule has 1 unspecified atom stereocenters. The molecule has 2 nitrogen and oxygen atoms in total. The van der Waals surface area contributed by atoms with E-state index in [1.54, 1.807) is 7.11 Å². The van der Waals surface area contributed by atoms with E-state index in [0.717, 1.165) is 22.9 Å². The van der Waals surface area contributed by atoms with E-state index in [1.165, 1.54) is 12.1 Å². The first-order valence-electron chi connectivity index (χ1n) is 6.37. The summed E-state index contributed by atoms with van der Waals surface area (Å²) in [6.45, 7) is 3.88. The van der Waals surface area contributed by atoms with Crippen LogP contribution in [0.25, 0.3) is 0 Å². The minimum absolute atomic E-state index is 0.162. The van der Waals surface area contributed by atoms with Gasteiger partial charge in [0.2, 0.25) is 0 Å². The van der Waals surface area contributed by atoms with Gasteiger partial charge in [-0.3, -0.25) is 0 Å². The molecule has 0 amide bonds. The molecule has 0 heterocycles. The van der Waals surface area contributed by atoms with Crippen molar-refractivity contribution in [1.29, 1.82) is 0 Å². The largest absolute Gasteiger partial charge is 0.496 e. The number of halogens is 2. The van der Waals surface area contributed by atoms with Gasteiger partial charge in [0.15, 0.2) is 0 Å². The third kappa shape index (κ3) is 3.07. The molecule has 0 aromatic heterocycles. The first-order chi connectivity index (χ1) is 9.51. The van der Waals surface area contributed by atoms with Crippen molar-refractivity contribution in [3.8, 4) is 5.75 Å². The summed E-state index contributed by atoms with van der Waals surface area (Å²) >= 11 is 0. The second-order valence-corrected chi connectivity index (χ2v) is 4.74. The van der Waals surface area contributed by atoms with E-state index >= 15 is 0 Å². The summed E-state index contributed by atoms with van der Waals surface area (Å²) in [5.41, 5.74) is 2.28. The average Bonchev–Trinajstić information content (AvgIpc) is 2.41. The highest BCUT2D eigenvalue weighted by molar-refractivity contribution is 5.49. The number of ether oxygens (including phenoxy) is 1. The van der Waals surface area contributed by atoms with Crippen molar-refractivity contribution in [1.82, 2.24) is 0 Å². The third-order valence-corrected chi connectivity index (χ3v) is 3.15. The fourth-order valence-corrected chi connectivity index (χ4v) is 2.11. The van der Waals surface area contributed by atoms with E-state index in [2.05, 4.69) is 5.32 Å². The van der Waals surface area contributed by atoms with Gasteiger partial charge in [-0.1, -0.05) is 17.7 Å². The Bertz CT molecular complexity index is 613. The van der Waals surface area contributed by atoms with Crippen molar-refractivity contribution in [3.63, 3.8) is 0 Å². The summed E-state index contributed by atoms with van der Waals surface area (Å²) in [6.07, 6.45) is 0. The number of methoxy groups -OCH3 is 1. The number of hydrogen-bond acceptors (Lipinski definition) is 2. The molecule has 4 heteroatoms. The van der Waals surface area contributed by atoms with Gasteiger partial charge in [0.05, 0.1) is 18.8 Å². The highest BCUT2D eigenvalue weighted by Gasteiger charge is 2.13. The van der Waals surface area contributed by atoms with Gasteiger partial charge >= 0.3 is 0 Å². The second-order valence-electron chi connectivity index (χ2n) is 4.74. The predicted octanol–water partition coefficient (Wildman–Crippen LogP) is 4.45. The summed E-state index contributed by atoms with van der Waals surface area (Å²) in [6, 6.07) is 9.14. The van der Waals surface area contributed by atoms with Crippen LogP contribution in [0.5, 0.6) is 5.75 Å². The van der Waals surface area contributed by atoms with Crippen LogP contribution < -0.4 is 10.1 Å². The second kappa shape index (κ2) is 5.90. The zero-order valence-electron chi connectivity index (χ0n) is 11.7. The van der Waals surface area contributed by atoms with Crippen LogP contribution in [-0.2, 0) is 0 Å². The molecule has 0 fully saturated rings. The van der Waals surface area contributed by atoms with Gasteiger partial charge in [-0.25, -0.2) is 8.78 Å². The Morgan fingerprint density at radius 1 is 1.10 bits per heavy atom. The Morgan fingerprint density at radius 3 is 2.50 bits per heavy atom. The van der Waals surface area contributed by atoms with Gasteiger partial charge in [0.25, 0.3) is 0 Å². The Hall–Kier alpha value is -2.10. The van der Waals surface area contributed by atoms with Crippen LogP contribution in [0.2, 0.25) is 0 Å². The van der Waals surface area contributed by atoms with Gasteiger partial charge in [-0.15, -0.1) is 0 Å². The van der Waals surface area contributed by atoms with Crippen molar-refractivity contribution in [2.75, 3.05) is 12.4 Å². The highest BCUT2D eigenvalue weighted by atomic mass is 19.1. The maximum Gasteiger partial charge on any atom is 0.149 e. The molecule has 0 bridgehead atoms. The Labute approximate surface area is 117 Å². The lowest BCUT2D eigenvalue weighted by Gasteiger charge is -2.19. The van der Waals surface area contributed by atoms with Crippen LogP contribution in [0.4, 0.5) is 14.5 Å². The summed E-state index contributed by atoms with van der Waals surface area (Å²) in [7, 11) is 1.60. The van der Waals surface area contributed by atoms with Gasteiger partial charge in [-0.05, 0) is 32.0 Å². The van der Waals surface area contributed by atoms with E-state index in [-0.39, 0.29) is 11.7 Å². The first kappa shape index (κ1) is 14.3. The van der Waals surface area contributed by atoms with Gasteiger partial charge in [-0.2, -0.15) is 0 Å². The highest BCUT2D eigenvalue weighted by Crippen LogP contribution is 2.29. The number of hydrogen-bond donors (Lipinski definition) is 1. The average molecular weight is 277 g/mol. The normalized spacial score (nSPS) is 12.1. The molecule has 1 N–H and O–H groups in total. The van der Waals surface area contributed by atoms with Crippen LogP contribution in [0, 0.1) is 18.6 Å². The van der Waals surface area contributed by atoms with Gasteiger partial charge < -0.3 is 10.1 Å². The Kier molecular flexibility index (Phi) is 4.23. The molecule has 0 aliphatic heterocycles. The zero-order valence-corrected chi connectivity index (χ0v) is 11.7. The van der Waals surface area contributed by atoms with Crippen molar-refractivity contribution in [2.45, 2.75) is 19.9 Å². The lowest BCUT2D eigenvalue weighted by Crippen LogP contribution is -2.09. The minimum Gasteiger partial charge on any atom is -0.496 e. The molecule has 2 aromatic carbocycles. The SMILES string of the molecule is COc1ccc(C)cc1C(C)Nc1ccc(F)cc1F. The smallest absolute Gasteiger partial charge is 0.149 e. The van der Waals surface area contributed by atoms with Crippen LogP contribution in [-0.4, -0.2) is 7.11 Å². The molecule has 20 heavy (non-hydrogen) atoms. The molecule has 0 aliphatic carbocycles. The molecule has 0 saturated carbocycles. The van der Waals surface area contributed by atoms with Crippen LogP contribution in [0.1, 0.15) is 24.1 Å². The van der Waals surface area contributed by atoms with E-state index in [0.29, 0.717) is 0 Å². The van der Waals surface area contributed by atoms with Crippen LogP contribution in [0.15, 0.2) is 36.4 Å². The number of anilines is 1. The molecule has 0 spiro atoms. The summed E-state index contributed by atoms with van der Waals surface area (Å²) in [4.78, 5) is 0. The van der Waals surface area contributed by atoms with Gasteiger partial charge in [0.1, 0.15) is 17.4 Å². The van der Waals surface area contributed by atoms with Crippen molar-refractivity contribution in [2.24, 2.45) is 0 Å². The summed E-state index contributed by atoms with van der Waals surface area (Å²) in [5, 5.41) is 3.03.